The molecule has 0 bridgehead atoms. The van der Waals surface area contributed by atoms with Gasteiger partial charge < -0.3 is 25.3 Å². The van der Waals surface area contributed by atoms with Crippen LogP contribution in [0, 0.1) is 5.41 Å². The SMILES string of the molecule is COc1ccc(NC(N)=NCC2(CN3CCOCC3)CCCCC2)cc1OC.I. The van der Waals surface area contributed by atoms with Crippen LogP contribution in [-0.2, 0) is 4.74 Å². The Bertz CT molecular complexity index is 659. The first-order valence-electron chi connectivity index (χ1n) is 10.2. The van der Waals surface area contributed by atoms with E-state index in [1.807, 2.05) is 18.2 Å². The summed E-state index contributed by atoms with van der Waals surface area (Å²) in [5.74, 6) is 1.80. The van der Waals surface area contributed by atoms with Gasteiger partial charge in [0.15, 0.2) is 17.5 Å². The molecule has 164 valence electrons. The summed E-state index contributed by atoms with van der Waals surface area (Å²) in [6.07, 6.45) is 6.33. The Labute approximate surface area is 191 Å². The zero-order chi connectivity index (χ0) is 19.8. The second kappa shape index (κ2) is 11.8. The van der Waals surface area contributed by atoms with Gasteiger partial charge in [0, 0.05) is 43.3 Å². The Hall–Kier alpha value is -1.26. The van der Waals surface area contributed by atoms with Crippen LogP contribution in [0.25, 0.3) is 0 Å². The highest BCUT2D eigenvalue weighted by atomic mass is 127. The van der Waals surface area contributed by atoms with Gasteiger partial charge in [-0.25, -0.2) is 0 Å². The smallest absolute Gasteiger partial charge is 0.193 e. The first-order valence-corrected chi connectivity index (χ1v) is 10.2. The van der Waals surface area contributed by atoms with Gasteiger partial charge in [-0.1, -0.05) is 19.3 Å². The van der Waals surface area contributed by atoms with Gasteiger partial charge in [0.05, 0.1) is 27.4 Å². The van der Waals surface area contributed by atoms with Crippen molar-refractivity contribution in [1.29, 1.82) is 0 Å². The number of guanidine groups is 1. The Balaban J connectivity index is 0.00000300. The number of halogens is 1. The number of hydrogen-bond donors (Lipinski definition) is 2. The number of anilines is 1. The molecule has 1 saturated heterocycles. The molecule has 29 heavy (non-hydrogen) atoms. The number of methoxy groups -OCH3 is 2. The van der Waals surface area contributed by atoms with Gasteiger partial charge in [-0.2, -0.15) is 0 Å². The number of nitrogens with zero attached hydrogens (tertiary/aromatic N) is 2. The molecule has 0 radical (unpaired) electrons. The quantitative estimate of drug-likeness (QED) is 0.328. The molecule has 0 spiro atoms. The number of morpholine rings is 1. The summed E-state index contributed by atoms with van der Waals surface area (Å²) in [4.78, 5) is 7.26. The van der Waals surface area contributed by atoms with E-state index in [0.717, 1.165) is 45.1 Å². The van der Waals surface area contributed by atoms with Crippen LogP contribution < -0.4 is 20.5 Å². The van der Waals surface area contributed by atoms with Crippen LogP contribution in [0.5, 0.6) is 11.5 Å². The van der Waals surface area contributed by atoms with Crippen molar-refractivity contribution in [1.82, 2.24) is 4.90 Å². The van der Waals surface area contributed by atoms with E-state index in [2.05, 4.69) is 10.2 Å². The monoisotopic (exact) mass is 518 g/mol. The van der Waals surface area contributed by atoms with E-state index in [4.69, 9.17) is 24.9 Å². The maximum atomic E-state index is 6.21. The molecular formula is C21H35IN4O3. The number of hydrogen-bond acceptors (Lipinski definition) is 5. The van der Waals surface area contributed by atoms with E-state index in [1.165, 1.54) is 32.1 Å². The van der Waals surface area contributed by atoms with Gasteiger partial charge in [0.25, 0.3) is 0 Å². The summed E-state index contributed by atoms with van der Waals surface area (Å²) in [6.45, 7) is 5.56. The van der Waals surface area contributed by atoms with E-state index >= 15 is 0 Å². The van der Waals surface area contributed by atoms with Gasteiger partial charge in [-0.15, -0.1) is 24.0 Å². The minimum Gasteiger partial charge on any atom is -0.493 e. The van der Waals surface area contributed by atoms with E-state index in [0.29, 0.717) is 17.5 Å². The summed E-state index contributed by atoms with van der Waals surface area (Å²) in [7, 11) is 3.25. The Kier molecular flexibility index (Phi) is 9.78. The van der Waals surface area contributed by atoms with Gasteiger partial charge in [-0.05, 0) is 25.0 Å². The fourth-order valence-corrected chi connectivity index (χ4v) is 4.26. The van der Waals surface area contributed by atoms with Crippen LogP contribution in [0.1, 0.15) is 32.1 Å². The maximum Gasteiger partial charge on any atom is 0.193 e. The normalized spacial score (nSPS) is 19.9. The van der Waals surface area contributed by atoms with Crippen molar-refractivity contribution >= 4 is 35.6 Å². The molecule has 1 heterocycles. The Morgan fingerprint density at radius 2 is 1.83 bits per heavy atom. The third-order valence-electron chi connectivity index (χ3n) is 5.82. The highest BCUT2D eigenvalue weighted by molar-refractivity contribution is 14.0. The lowest BCUT2D eigenvalue weighted by Gasteiger charge is -2.41. The molecular weight excluding hydrogens is 483 g/mol. The second-order valence-corrected chi connectivity index (χ2v) is 7.85. The summed E-state index contributed by atoms with van der Waals surface area (Å²) >= 11 is 0. The minimum atomic E-state index is 0. The zero-order valence-corrected chi connectivity index (χ0v) is 19.9. The van der Waals surface area contributed by atoms with Crippen molar-refractivity contribution in [3.8, 4) is 11.5 Å². The predicted molar refractivity (Wildman–Crippen MR) is 128 cm³/mol. The molecule has 7 nitrogen and oxygen atoms in total. The Morgan fingerprint density at radius 1 is 1.14 bits per heavy atom. The second-order valence-electron chi connectivity index (χ2n) is 7.85. The first kappa shape index (κ1) is 24.0. The molecule has 1 aliphatic carbocycles. The lowest BCUT2D eigenvalue weighted by Crippen LogP contribution is -2.46. The van der Waals surface area contributed by atoms with Crippen LogP contribution in [-0.4, -0.2) is 64.5 Å². The molecule has 0 atom stereocenters. The highest BCUT2D eigenvalue weighted by Gasteiger charge is 2.34. The van der Waals surface area contributed by atoms with Crippen LogP contribution >= 0.6 is 24.0 Å². The van der Waals surface area contributed by atoms with Crippen molar-refractivity contribution in [2.24, 2.45) is 16.1 Å². The molecule has 2 aliphatic rings. The summed E-state index contributed by atoms with van der Waals surface area (Å²) in [6, 6.07) is 5.63. The molecule has 3 N–H and O–H groups in total. The van der Waals surface area contributed by atoms with Crippen LogP contribution in [0.2, 0.25) is 0 Å². The number of nitrogens with two attached hydrogens (primary N) is 1. The first-order chi connectivity index (χ1) is 13.6. The van der Waals surface area contributed by atoms with Gasteiger partial charge in [-0.3, -0.25) is 9.89 Å². The van der Waals surface area contributed by atoms with Gasteiger partial charge >= 0.3 is 0 Å². The van der Waals surface area contributed by atoms with E-state index < -0.39 is 0 Å². The molecule has 1 saturated carbocycles. The lowest BCUT2D eigenvalue weighted by atomic mass is 9.73. The highest BCUT2D eigenvalue weighted by Crippen LogP contribution is 2.37. The molecule has 8 heteroatoms. The molecule has 0 amide bonds. The molecule has 0 unspecified atom stereocenters. The van der Waals surface area contributed by atoms with E-state index in [-0.39, 0.29) is 29.4 Å². The maximum absolute atomic E-state index is 6.21. The van der Waals surface area contributed by atoms with Crippen molar-refractivity contribution in [3.63, 3.8) is 0 Å². The fraction of sp³-hybridized carbons (Fsp3) is 0.667. The zero-order valence-electron chi connectivity index (χ0n) is 17.6. The van der Waals surface area contributed by atoms with Crippen LogP contribution in [0.4, 0.5) is 5.69 Å². The minimum absolute atomic E-state index is 0. The average Bonchev–Trinajstić information content (AvgIpc) is 2.73. The van der Waals surface area contributed by atoms with Crippen LogP contribution in [0.3, 0.4) is 0 Å². The molecule has 1 aromatic carbocycles. The fourth-order valence-electron chi connectivity index (χ4n) is 4.26. The summed E-state index contributed by atoms with van der Waals surface area (Å²) in [5, 5.41) is 3.19. The van der Waals surface area contributed by atoms with Crippen LogP contribution in [0.15, 0.2) is 23.2 Å². The molecule has 3 rings (SSSR count). The third-order valence-corrected chi connectivity index (χ3v) is 5.82. The average molecular weight is 518 g/mol. The summed E-state index contributed by atoms with van der Waals surface area (Å²) < 4.78 is 16.1. The van der Waals surface area contributed by atoms with Crippen molar-refractivity contribution in [3.05, 3.63) is 18.2 Å². The van der Waals surface area contributed by atoms with Gasteiger partial charge in [0.2, 0.25) is 0 Å². The largest absolute Gasteiger partial charge is 0.493 e. The van der Waals surface area contributed by atoms with Crippen molar-refractivity contribution in [2.75, 3.05) is 58.9 Å². The topological polar surface area (TPSA) is 81.3 Å². The standard InChI is InChI=1S/C21H34N4O3.HI/c1-26-18-7-6-17(14-19(18)27-2)24-20(22)23-15-21(8-4-3-5-9-21)16-25-10-12-28-13-11-25;/h6-7,14H,3-5,8-13,15-16H2,1-2H3,(H3,22,23,24);1H. The predicted octanol–water partition coefficient (Wildman–Crippen LogP) is 3.33. The molecule has 1 aromatic rings. The molecule has 2 fully saturated rings. The third kappa shape index (κ3) is 6.89. The number of nitrogens with one attached hydrogen (secondary N) is 1. The van der Waals surface area contributed by atoms with Crippen molar-refractivity contribution < 1.29 is 14.2 Å². The van der Waals surface area contributed by atoms with Gasteiger partial charge in [0.1, 0.15) is 0 Å². The Morgan fingerprint density at radius 3 is 2.48 bits per heavy atom. The van der Waals surface area contributed by atoms with E-state index in [9.17, 15) is 0 Å². The number of aliphatic imine (C=N–C) groups is 1. The summed E-state index contributed by atoms with van der Waals surface area (Å²) in [5.41, 5.74) is 7.27. The molecule has 0 aromatic heterocycles. The van der Waals surface area contributed by atoms with Crippen molar-refractivity contribution in [2.45, 2.75) is 32.1 Å². The number of benzene rings is 1. The molecule has 1 aliphatic heterocycles. The van der Waals surface area contributed by atoms with E-state index in [1.54, 1.807) is 14.2 Å². The number of ether oxygens (including phenoxy) is 3. The number of rotatable bonds is 7. The lowest BCUT2D eigenvalue weighted by molar-refractivity contribution is 0.00940.